The highest BCUT2D eigenvalue weighted by Gasteiger charge is 2.20. The van der Waals surface area contributed by atoms with E-state index >= 15 is 0 Å². The number of nitrogens with zero attached hydrogens (tertiary/aromatic N) is 3. The molecule has 5 rings (SSSR count). The van der Waals surface area contributed by atoms with Crippen LogP contribution in [-0.4, -0.2) is 20.1 Å². The van der Waals surface area contributed by atoms with Gasteiger partial charge in [-0.3, -0.25) is 15.2 Å². The van der Waals surface area contributed by atoms with Crippen molar-refractivity contribution in [1.29, 1.82) is 0 Å². The van der Waals surface area contributed by atoms with Gasteiger partial charge in [0.25, 0.3) is 5.69 Å². The van der Waals surface area contributed by atoms with E-state index in [-0.39, 0.29) is 5.69 Å². The fourth-order valence-electron chi connectivity index (χ4n) is 3.56. The van der Waals surface area contributed by atoms with Gasteiger partial charge in [-0.15, -0.1) is 0 Å². The van der Waals surface area contributed by atoms with Crippen LogP contribution in [0.25, 0.3) is 44.7 Å². The van der Waals surface area contributed by atoms with Gasteiger partial charge >= 0.3 is 0 Å². The summed E-state index contributed by atoms with van der Waals surface area (Å²) in [6, 6.07) is 28.3. The van der Waals surface area contributed by atoms with Crippen molar-refractivity contribution in [3.05, 3.63) is 101 Å². The summed E-state index contributed by atoms with van der Waals surface area (Å²) in [6.45, 7) is 0. The van der Waals surface area contributed by atoms with Crippen LogP contribution in [0.5, 0.6) is 0 Å². The number of nitro benzene ring substituents is 1. The van der Waals surface area contributed by atoms with Gasteiger partial charge in [-0.25, -0.2) is 4.98 Å². The normalized spacial score (nSPS) is 10.9. The third kappa shape index (κ3) is 3.10. The molecule has 0 fully saturated rings. The molecule has 6 heteroatoms. The highest BCUT2D eigenvalue weighted by Crippen LogP contribution is 2.38. The van der Waals surface area contributed by atoms with Crippen LogP contribution in [0.2, 0.25) is 0 Å². The van der Waals surface area contributed by atoms with Gasteiger partial charge in [0.15, 0.2) is 0 Å². The fourth-order valence-corrected chi connectivity index (χ4v) is 3.56. The molecule has 0 aliphatic carbocycles. The van der Waals surface area contributed by atoms with Gasteiger partial charge in [0, 0.05) is 28.6 Å². The van der Waals surface area contributed by atoms with Gasteiger partial charge in [0.2, 0.25) is 0 Å². The van der Waals surface area contributed by atoms with E-state index in [1.807, 2.05) is 66.7 Å². The first-order chi connectivity index (χ1) is 14.7. The van der Waals surface area contributed by atoms with E-state index in [1.54, 1.807) is 12.1 Å². The van der Waals surface area contributed by atoms with Gasteiger partial charge in [-0.2, -0.15) is 5.10 Å². The Morgan fingerprint density at radius 3 is 2.27 bits per heavy atom. The smallest absolute Gasteiger partial charge is 0.269 e. The van der Waals surface area contributed by atoms with E-state index in [4.69, 9.17) is 4.98 Å². The van der Waals surface area contributed by atoms with E-state index in [0.717, 1.165) is 44.7 Å². The van der Waals surface area contributed by atoms with Crippen LogP contribution in [0.1, 0.15) is 0 Å². The average Bonchev–Trinajstić information content (AvgIpc) is 3.24. The molecule has 0 atom stereocenters. The van der Waals surface area contributed by atoms with E-state index in [0.29, 0.717) is 0 Å². The maximum Gasteiger partial charge on any atom is 0.269 e. The number of non-ortho nitro benzene ring substituents is 1. The van der Waals surface area contributed by atoms with Crippen molar-refractivity contribution in [2.75, 3.05) is 0 Å². The number of H-pyrrole nitrogens is 1. The number of para-hydroxylation sites is 1. The molecule has 0 saturated heterocycles. The first-order valence-electron chi connectivity index (χ1n) is 9.45. The van der Waals surface area contributed by atoms with Crippen LogP contribution in [0.4, 0.5) is 5.69 Å². The lowest BCUT2D eigenvalue weighted by Gasteiger charge is -2.08. The number of rotatable bonds is 4. The number of aromatic amines is 1. The second-order valence-corrected chi connectivity index (χ2v) is 6.88. The number of nitro groups is 1. The SMILES string of the molecule is O=[N+]([O-])c1ccc(-c2[nH]nc(-c3ccccc3)c2-c2ccc3ccccc3n2)cc1. The third-order valence-electron chi connectivity index (χ3n) is 5.03. The maximum absolute atomic E-state index is 11.0. The minimum absolute atomic E-state index is 0.0481. The number of aromatic nitrogens is 3. The van der Waals surface area contributed by atoms with Crippen molar-refractivity contribution in [3.8, 4) is 33.8 Å². The van der Waals surface area contributed by atoms with Gasteiger partial charge < -0.3 is 0 Å². The lowest BCUT2D eigenvalue weighted by Crippen LogP contribution is -1.91. The molecule has 0 saturated carbocycles. The van der Waals surface area contributed by atoms with Crippen molar-refractivity contribution in [1.82, 2.24) is 15.2 Å². The molecule has 0 aliphatic heterocycles. The molecule has 0 amide bonds. The number of fused-ring (bicyclic) bond motifs is 1. The zero-order valence-corrected chi connectivity index (χ0v) is 15.8. The minimum Gasteiger partial charge on any atom is -0.277 e. The molecular weight excluding hydrogens is 376 g/mol. The summed E-state index contributed by atoms with van der Waals surface area (Å²) in [7, 11) is 0. The molecule has 144 valence electrons. The molecule has 0 spiro atoms. The van der Waals surface area contributed by atoms with Gasteiger partial charge in [0.1, 0.15) is 5.69 Å². The molecule has 1 N–H and O–H groups in total. The summed E-state index contributed by atoms with van der Waals surface area (Å²) in [5.74, 6) is 0. The van der Waals surface area contributed by atoms with E-state index < -0.39 is 4.92 Å². The number of pyridine rings is 1. The summed E-state index contributed by atoms with van der Waals surface area (Å²) >= 11 is 0. The quantitative estimate of drug-likeness (QED) is 0.306. The molecular formula is C24H16N4O2. The van der Waals surface area contributed by atoms with E-state index in [9.17, 15) is 10.1 Å². The van der Waals surface area contributed by atoms with Crippen molar-refractivity contribution in [3.63, 3.8) is 0 Å². The Bertz CT molecular complexity index is 1360. The maximum atomic E-state index is 11.0. The Kier molecular flexibility index (Phi) is 4.29. The Morgan fingerprint density at radius 1 is 0.767 bits per heavy atom. The summed E-state index contributed by atoms with van der Waals surface area (Å²) in [5.41, 5.74) is 5.91. The Morgan fingerprint density at radius 2 is 1.50 bits per heavy atom. The molecule has 6 nitrogen and oxygen atoms in total. The largest absolute Gasteiger partial charge is 0.277 e. The molecule has 30 heavy (non-hydrogen) atoms. The van der Waals surface area contributed by atoms with Gasteiger partial charge in [0.05, 0.1) is 27.4 Å². The zero-order chi connectivity index (χ0) is 20.5. The number of hydrogen-bond acceptors (Lipinski definition) is 4. The fraction of sp³-hybridized carbons (Fsp3) is 0. The number of hydrogen-bond donors (Lipinski definition) is 1. The molecule has 2 heterocycles. The lowest BCUT2D eigenvalue weighted by molar-refractivity contribution is -0.384. The Labute approximate surface area is 172 Å². The predicted molar refractivity (Wildman–Crippen MR) is 117 cm³/mol. The molecule has 3 aromatic carbocycles. The van der Waals surface area contributed by atoms with Crippen LogP contribution < -0.4 is 0 Å². The van der Waals surface area contributed by atoms with Crippen molar-refractivity contribution in [2.24, 2.45) is 0 Å². The zero-order valence-electron chi connectivity index (χ0n) is 15.8. The molecule has 2 aromatic heterocycles. The standard InChI is InChI=1S/C24H16N4O2/c29-28(30)19-13-10-18(11-14-19)24-22(23(26-27-24)17-7-2-1-3-8-17)21-15-12-16-6-4-5-9-20(16)25-21/h1-15H,(H,26,27). The number of nitrogens with one attached hydrogen (secondary N) is 1. The van der Waals surface area contributed by atoms with Gasteiger partial charge in [-0.05, 0) is 24.3 Å². The molecule has 5 aromatic rings. The van der Waals surface area contributed by atoms with Crippen LogP contribution in [0.3, 0.4) is 0 Å². The molecule has 0 bridgehead atoms. The van der Waals surface area contributed by atoms with Crippen LogP contribution in [-0.2, 0) is 0 Å². The second kappa shape index (κ2) is 7.25. The van der Waals surface area contributed by atoms with E-state index in [2.05, 4.69) is 10.2 Å². The van der Waals surface area contributed by atoms with Gasteiger partial charge in [-0.1, -0.05) is 54.6 Å². The van der Waals surface area contributed by atoms with E-state index in [1.165, 1.54) is 12.1 Å². The van der Waals surface area contributed by atoms with Crippen molar-refractivity contribution in [2.45, 2.75) is 0 Å². The summed E-state index contributed by atoms with van der Waals surface area (Å²) in [6.07, 6.45) is 0. The average molecular weight is 392 g/mol. The van der Waals surface area contributed by atoms with Crippen LogP contribution >= 0.6 is 0 Å². The molecule has 0 aliphatic rings. The minimum atomic E-state index is -0.405. The summed E-state index contributed by atoms with van der Waals surface area (Å²) < 4.78 is 0. The first-order valence-corrected chi connectivity index (χ1v) is 9.45. The predicted octanol–water partition coefficient (Wildman–Crippen LogP) is 5.87. The van der Waals surface area contributed by atoms with Crippen molar-refractivity contribution >= 4 is 16.6 Å². The van der Waals surface area contributed by atoms with Crippen LogP contribution in [0, 0.1) is 10.1 Å². The number of benzene rings is 3. The monoisotopic (exact) mass is 392 g/mol. The summed E-state index contributed by atoms with van der Waals surface area (Å²) in [4.78, 5) is 15.5. The third-order valence-corrected chi connectivity index (χ3v) is 5.03. The van der Waals surface area contributed by atoms with Crippen LogP contribution in [0.15, 0.2) is 91.0 Å². The van der Waals surface area contributed by atoms with Crippen molar-refractivity contribution < 1.29 is 4.92 Å². The Balaban J connectivity index is 1.73. The highest BCUT2D eigenvalue weighted by atomic mass is 16.6. The highest BCUT2D eigenvalue weighted by molar-refractivity contribution is 5.92. The first kappa shape index (κ1) is 17.8. The molecule has 0 unspecified atom stereocenters. The second-order valence-electron chi connectivity index (χ2n) is 6.88. The summed E-state index contributed by atoms with van der Waals surface area (Å²) in [5, 5.41) is 19.8. The lowest BCUT2D eigenvalue weighted by atomic mass is 9.98. The Hall–Kier alpha value is -4.32. The topological polar surface area (TPSA) is 84.7 Å². The molecule has 0 radical (unpaired) electrons.